The summed E-state index contributed by atoms with van der Waals surface area (Å²) in [6.45, 7) is 0.298. The van der Waals surface area contributed by atoms with Crippen molar-refractivity contribution in [1.29, 1.82) is 0 Å². The van der Waals surface area contributed by atoms with Crippen molar-refractivity contribution < 1.29 is 24.3 Å². The van der Waals surface area contributed by atoms with Crippen LogP contribution in [0.4, 0.5) is 0 Å². The summed E-state index contributed by atoms with van der Waals surface area (Å²) in [5.41, 5.74) is 0.832. The van der Waals surface area contributed by atoms with Gasteiger partial charge in [-0.2, -0.15) is 0 Å². The first kappa shape index (κ1) is 21.1. The quantitative estimate of drug-likeness (QED) is 0.702. The van der Waals surface area contributed by atoms with E-state index in [9.17, 15) is 24.3 Å². The number of benzene rings is 2. The molecule has 8 heteroatoms. The van der Waals surface area contributed by atoms with Crippen molar-refractivity contribution >= 4 is 45.6 Å². The van der Waals surface area contributed by atoms with Crippen LogP contribution in [0.1, 0.15) is 33.6 Å². The van der Waals surface area contributed by atoms with Crippen LogP contribution in [0, 0.1) is 0 Å². The van der Waals surface area contributed by atoms with Gasteiger partial charge in [-0.05, 0) is 12.8 Å². The zero-order valence-electron chi connectivity index (χ0n) is 15.4. The van der Waals surface area contributed by atoms with Gasteiger partial charge in [0.2, 0.25) is 16.1 Å². The summed E-state index contributed by atoms with van der Waals surface area (Å²) in [5.74, 6) is -1.59. The largest absolute Gasteiger partial charge is 0.480 e. The molecule has 150 valence electrons. The molecule has 1 atom stereocenters. The Kier molecular flexibility index (Phi) is 7.11. The van der Waals surface area contributed by atoms with Crippen LogP contribution >= 0.6 is 23.5 Å². The van der Waals surface area contributed by atoms with E-state index in [1.165, 1.54) is 4.90 Å². The number of carboxylic acids is 1. The number of aliphatic carboxylic acids is 1. The maximum absolute atomic E-state index is 13.1. The van der Waals surface area contributed by atoms with Gasteiger partial charge in [-0.3, -0.25) is 14.4 Å². The molecular weight excluding hydrogens is 410 g/mol. The Balaban J connectivity index is 1.82. The van der Waals surface area contributed by atoms with Gasteiger partial charge in [0.25, 0.3) is 0 Å². The normalized spacial score (nSPS) is 16.0. The Morgan fingerprint density at radius 2 is 1.34 bits per heavy atom. The SMILES string of the molecule is O=C(SC(SC(=O)c1ccccc1)C(=O)N1CCC[C@H]1C(=O)O)c1ccccc1. The standard InChI is InChI=1S/C21H19NO5S2/c23-17(22-13-7-12-16(22)18(24)25)21(28-19(26)14-8-3-1-4-9-14)29-20(27)15-10-5-2-6-11-15/h1-6,8-11,16,21H,7,12-13H2,(H,24,25)/t16-/m0/s1. The number of nitrogens with zero attached hydrogens (tertiary/aromatic N) is 1. The molecule has 0 aromatic heterocycles. The van der Waals surface area contributed by atoms with Gasteiger partial charge in [-0.25, -0.2) is 4.79 Å². The van der Waals surface area contributed by atoms with Gasteiger partial charge in [0.05, 0.1) is 0 Å². The first-order chi connectivity index (χ1) is 14.0. The van der Waals surface area contributed by atoms with Crippen LogP contribution in [0.2, 0.25) is 0 Å². The van der Waals surface area contributed by atoms with Crippen molar-refractivity contribution in [2.45, 2.75) is 23.5 Å². The molecule has 1 fully saturated rings. The monoisotopic (exact) mass is 429 g/mol. The molecule has 1 heterocycles. The van der Waals surface area contributed by atoms with Crippen LogP contribution in [-0.2, 0) is 9.59 Å². The summed E-state index contributed by atoms with van der Waals surface area (Å²) in [4.78, 5) is 51.2. The van der Waals surface area contributed by atoms with Crippen LogP contribution in [0.5, 0.6) is 0 Å². The molecular formula is C21H19NO5S2. The number of amides is 1. The first-order valence-electron chi connectivity index (χ1n) is 9.02. The van der Waals surface area contributed by atoms with E-state index in [2.05, 4.69) is 0 Å². The third-order valence-electron chi connectivity index (χ3n) is 4.47. The highest BCUT2D eigenvalue weighted by Gasteiger charge is 2.39. The number of hydrogen-bond donors (Lipinski definition) is 1. The van der Waals surface area contributed by atoms with Crippen LogP contribution < -0.4 is 0 Å². The second-order valence-electron chi connectivity index (χ2n) is 6.40. The molecule has 1 amide bonds. The lowest BCUT2D eigenvalue weighted by atomic mass is 10.2. The maximum Gasteiger partial charge on any atom is 0.326 e. The predicted molar refractivity (Wildman–Crippen MR) is 113 cm³/mol. The molecule has 1 saturated heterocycles. The minimum atomic E-state index is -1.08. The van der Waals surface area contributed by atoms with Crippen molar-refractivity contribution in [3.8, 4) is 0 Å². The van der Waals surface area contributed by atoms with Crippen molar-refractivity contribution in [2.24, 2.45) is 0 Å². The fourth-order valence-electron chi connectivity index (χ4n) is 3.03. The second kappa shape index (κ2) is 9.76. The maximum atomic E-state index is 13.1. The van der Waals surface area contributed by atoms with Gasteiger partial charge >= 0.3 is 5.97 Å². The Labute approximate surface area is 176 Å². The summed E-state index contributed by atoms with van der Waals surface area (Å²) in [6.07, 6.45) is 0.937. The van der Waals surface area contributed by atoms with E-state index in [1.807, 2.05) is 0 Å². The highest BCUT2D eigenvalue weighted by atomic mass is 32.2. The molecule has 6 nitrogen and oxygen atoms in total. The Morgan fingerprint density at radius 1 is 0.862 bits per heavy atom. The lowest BCUT2D eigenvalue weighted by Crippen LogP contribution is -2.44. The molecule has 1 aliphatic rings. The highest BCUT2D eigenvalue weighted by molar-refractivity contribution is 8.31. The number of hydrogen-bond acceptors (Lipinski definition) is 6. The van der Waals surface area contributed by atoms with Gasteiger partial charge in [-0.1, -0.05) is 84.2 Å². The lowest BCUT2D eigenvalue weighted by Gasteiger charge is -2.25. The van der Waals surface area contributed by atoms with Gasteiger partial charge in [0.1, 0.15) is 10.6 Å². The summed E-state index contributed by atoms with van der Waals surface area (Å²) >= 11 is 1.50. The Hall–Kier alpha value is -2.58. The van der Waals surface area contributed by atoms with Gasteiger partial charge in [0.15, 0.2) is 0 Å². The van der Waals surface area contributed by atoms with Crippen LogP contribution in [0.25, 0.3) is 0 Å². The highest BCUT2D eigenvalue weighted by Crippen LogP contribution is 2.33. The zero-order valence-corrected chi connectivity index (χ0v) is 17.0. The van der Waals surface area contributed by atoms with E-state index in [-0.39, 0.29) is 10.2 Å². The second-order valence-corrected chi connectivity index (χ2v) is 8.86. The predicted octanol–water partition coefficient (Wildman–Crippen LogP) is 3.54. The zero-order chi connectivity index (χ0) is 20.8. The van der Waals surface area contributed by atoms with Crippen LogP contribution in [0.15, 0.2) is 60.7 Å². The number of carbonyl (C=O) groups is 4. The van der Waals surface area contributed by atoms with E-state index in [0.29, 0.717) is 30.5 Å². The topological polar surface area (TPSA) is 91.8 Å². The van der Waals surface area contributed by atoms with Crippen molar-refractivity contribution in [2.75, 3.05) is 6.54 Å². The summed E-state index contributed by atoms with van der Waals surface area (Å²) in [6, 6.07) is 16.0. The van der Waals surface area contributed by atoms with E-state index >= 15 is 0 Å². The molecule has 2 aromatic rings. The van der Waals surface area contributed by atoms with Crippen LogP contribution in [0.3, 0.4) is 0 Å². The molecule has 0 spiro atoms. The van der Waals surface area contributed by atoms with Gasteiger partial charge in [-0.15, -0.1) is 0 Å². The Bertz CT molecular complexity index is 850. The van der Waals surface area contributed by atoms with E-state index in [1.54, 1.807) is 60.7 Å². The number of likely N-dealkylation sites (tertiary alicyclic amines) is 1. The molecule has 1 aliphatic heterocycles. The average molecular weight is 430 g/mol. The van der Waals surface area contributed by atoms with E-state index in [0.717, 1.165) is 23.5 Å². The fraction of sp³-hybridized carbons (Fsp3) is 0.238. The number of carbonyl (C=O) groups excluding carboxylic acids is 3. The fourth-order valence-corrected chi connectivity index (χ4v) is 5.15. The first-order valence-corrected chi connectivity index (χ1v) is 10.8. The molecule has 0 radical (unpaired) electrons. The number of thioether (sulfide) groups is 2. The summed E-state index contributed by atoms with van der Waals surface area (Å²) in [7, 11) is 0. The minimum Gasteiger partial charge on any atom is -0.480 e. The molecule has 0 unspecified atom stereocenters. The molecule has 3 rings (SSSR count). The summed E-state index contributed by atoms with van der Waals surface area (Å²) in [5, 5.41) is 8.70. The molecule has 0 bridgehead atoms. The molecule has 1 N–H and O–H groups in total. The van der Waals surface area contributed by atoms with Crippen LogP contribution in [-0.4, -0.2) is 49.3 Å². The average Bonchev–Trinajstić information content (AvgIpc) is 3.24. The number of rotatable bonds is 6. The minimum absolute atomic E-state index is 0.298. The molecule has 2 aromatic carbocycles. The lowest BCUT2D eigenvalue weighted by molar-refractivity contribution is -0.147. The Morgan fingerprint density at radius 3 is 1.79 bits per heavy atom. The third kappa shape index (κ3) is 5.27. The third-order valence-corrected chi connectivity index (χ3v) is 6.78. The van der Waals surface area contributed by atoms with E-state index < -0.39 is 22.5 Å². The van der Waals surface area contributed by atoms with E-state index in [4.69, 9.17) is 0 Å². The molecule has 0 saturated carbocycles. The summed E-state index contributed by atoms with van der Waals surface area (Å²) < 4.78 is -1.06. The smallest absolute Gasteiger partial charge is 0.326 e. The number of carboxylic acid groups (broad SMARTS) is 1. The van der Waals surface area contributed by atoms with Gasteiger partial charge < -0.3 is 10.0 Å². The van der Waals surface area contributed by atoms with Gasteiger partial charge in [0, 0.05) is 17.7 Å². The van der Waals surface area contributed by atoms with Crippen molar-refractivity contribution in [1.82, 2.24) is 4.90 Å². The van der Waals surface area contributed by atoms with Crippen molar-refractivity contribution in [3.05, 3.63) is 71.8 Å². The molecule has 29 heavy (non-hydrogen) atoms. The molecule has 0 aliphatic carbocycles. The van der Waals surface area contributed by atoms with Crippen molar-refractivity contribution in [3.63, 3.8) is 0 Å².